The third-order valence-electron chi connectivity index (χ3n) is 1.35. The molecule has 0 atom stereocenters. The predicted octanol–water partition coefficient (Wildman–Crippen LogP) is 1.12. The van der Waals surface area contributed by atoms with Gasteiger partial charge in [-0.05, 0) is 24.3 Å². The van der Waals surface area contributed by atoms with Crippen LogP contribution in [0.4, 0.5) is 10.5 Å². The molecule has 0 heterocycles. The summed E-state index contributed by atoms with van der Waals surface area (Å²) in [5.41, 5.74) is 4.69. The molecule has 6 heteroatoms. The molecule has 1 rings (SSSR count). The summed E-state index contributed by atoms with van der Waals surface area (Å²) in [7, 11) is 0. The third kappa shape index (κ3) is 3.32. The van der Waals surface area contributed by atoms with Crippen LogP contribution >= 0.6 is 11.6 Å². The fourth-order valence-corrected chi connectivity index (χ4v) is 0.917. The number of hydrogen-bond donors (Lipinski definition) is 3. The number of anilines is 1. The van der Waals surface area contributed by atoms with E-state index in [4.69, 9.17) is 11.6 Å². The quantitative estimate of drug-likeness (QED) is 0.520. The SMILES string of the molecule is O=CNNC(=O)Nc1ccc(Cl)cc1. The van der Waals surface area contributed by atoms with Gasteiger partial charge < -0.3 is 5.32 Å². The minimum absolute atomic E-state index is 0.363. The van der Waals surface area contributed by atoms with Crippen LogP contribution in [0.2, 0.25) is 5.02 Å². The summed E-state index contributed by atoms with van der Waals surface area (Å²) in [5, 5.41) is 3.06. The van der Waals surface area contributed by atoms with Gasteiger partial charge in [0.05, 0.1) is 0 Å². The molecule has 1 aromatic carbocycles. The maximum atomic E-state index is 11.0. The topological polar surface area (TPSA) is 70.2 Å². The van der Waals surface area contributed by atoms with Gasteiger partial charge in [0.1, 0.15) is 0 Å². The molecule has 0 unspecified atom stereocenters. The molecule has 74 valence electrons. The number of benzene rings is 1. The zero-order valence-electron chi connectivity index (χ0n) is 7.08. The first-order valence-corrected chi connectivity index (χ1v) is 4.12. The van der Waals surface area contributed by atoms with Crippen LogP contribution in [-0.4, -0.2) is 12.4 Å². The van der Waals surface area contributed by atoms with Crippen LogP contribution in [0.25, 0.3) is 0 Å². The van der Waals surface area contributed by atoms with E-state index in [1.807, 2.05) is 5.43 Å². The standard InChI is InChI=1S/C8H8ClN3O2/c9-6-1-3-7(4-2-6)11-8(14)12-10-5-13/h1-5H,(H,10,13)(H2,11,12,14). The first-order valence-electron chi connectivity index (χ1n) is 3.74. The summed E-state index contributed by atoms with van der Waals surface area (Å²) < 4.78 is 0. The average Bonchev–Trinajstić information content (AvgIpc) is 2.18. The number of carbonyl (C=O) groups is 2. The maximum Gasteiger partial charge on any atom is 0.337 e. The zero-order valence-corrected chi connectivity index (χ0v) is 7.84. The Kier molecular flexibility index (Phi) is 3.75. The molecule has 0 bridgehead atoms. The summed E-state index contributed by atoms with van der Waals surface area (Å²) >= 11 is 5.64. The number of amides is 3. The number of halogens is 1. The van der Waals surface area contributed by atoms with Crippen molar-refractivity contribution in [3.63, 3.8) is 0 Å². The first-order chi connectivity index (χ1) is 6.72. The van der Waals surface area contributed by atoms with Crippen molar-refractivity contribution in [2.24, 2.45) is 0 Å². The normalized spacial score (nSPS) is 8.93. The maximum absolute atomic E-state index is 11.0. The number of nitrogens with one attached hydrogen (secondary N) is 3. The lowest BCUT2D eigenvalue weighted by molar-refractivity contribution is -0.110. The van der Waals surface area contributed by atoms with Crippen molar-refractivity contribution in [1.29, 1.82) is 0 Å². The molecule has 0 fully saturated rings. The smallest absolute Gasteiger partial charge is 0.307 e. The average molecular weight is 214 g/mol. The molecule has 0 aliphatic carbocycles. The summed E-state index contributed by atoms with van der Waals surface area (Å²) in [6, 6.07) is 6.04. The second-order valence-electron chi connectivity index (χ2n) is 2.35. The van der Waals surface area contributed by atoms with Gasteiger partial charge in [-0.2, -0.15) is 0 Å². The Morgan fingerprint density at radius 3 is 2.50 bits per heavy atom. The molecular weight excluding hydrogens is 206 g/mol. The number of rotatable bonds is 3. The van der Waals surface area contributed by atoms with Crippen LogP contribution in [0.15, 0.2) is 24.3 Å². The van der Waals surface area contributed by atoms with Gasteiger partial charge >= 0.3 is 6.03 Å². The lowest BCUT2D eigenvalue weighted by Gasteiger charge is -2.05. The fourth-order valence-electron chi connectivity index (χ4n) is 0.791. The summed E-state index contributed by atoms with van der Waals surface area (Å²) in [6.07, 6.45) is 0.363. The summed E-state index contributed by atoms with van der Waals surface area (Å²) in [4.78, 5) is 20.8. The largest absolute Gasteiger partial charge is 0.337 e. The third-order valence-corrected chi connectivity index (χ3v) is 1.60. The van der Waals surface area contributed by atoms with Crippen LogP contribution in [0.3, 0.4) is 0 Å². The Labute approximate surface area is 85.4 Å². The van der Waals surface area contributed by atoms with Gasteiger partial charge in [-0.25, -0.2) is 10.2 Å². The molecule has 0 aliphatic rings. The van der Waals surface area contributed by atoms with Gasteiger partial charge in [0, 0.05) is 10.7 Å². The van der Waals surface area contributed by atoms with Crippen LogP contribution in [0, 0.1) is 0 Å². The molecule has 5 nitrogen and oxygen atoms in total. The Hall–Kier alpha value is -1.75. The Morgan fingerprint density at radius 2 is 1.93 bits per heavy atom. The molecule has 3 amide bonds. The second-order valence-corrected chi connectivity index (χ2v) is 2.78. The zero-order chi connectivity index (χ0) is 10.4. The minimum Gasteiger partial charge on any atom is -0.307 e. The minimum atomic E-state index is -0.528. The van der Waals surface area contributed by atoms with Crippen molar-refractivity contribution < 1.29 is 9.59 Å². The monoisotopic (exact) mass is 213 g/mol. The Balaban J connectivity index is 2.47. The lowest BCUT2D eigenvalue weighted by Crippen LogP contribution is -2.39. The van der Waals surface area contributed by atoms with E-state index in [2.05, 4.69) is 10.7 Å². The van der Waals surface area contributed by atoms with E-state index >= 15 is 0 Å². The van der Waals surface area contributed by atoms with Gasteiger partial charge in [-0.3, -0.25) is 10.2 Å². The van der Waals surface area contributed by atoms with Crippen molar-refractivity contribution in [2.45, 2.75) is 0 Å². The van der Waals surface area contributed by atoms with Crippen molar-refractivity contribution in [3.8, 4) is 0 Å². The molecule has 0 saturated carbocycles. The Morgan fingerprint density at radius 1 is 1.29 bits per heavy atom. The second kappa shape index (κ2) is 5.08. The molecule has 0 spiro atoms. The highest BCUT2D eigenvalue weighted by molar-refractivity contribution is 6.30. The number of hydrogen-bond acceptors (Lipinski definition) is 2. The van der Waals surface area contributed by atoms with E-state index < -0.39 is 6.03 Å². The van der Waals surface area contributed by atoms with E-state index in [1.54, 1.807) is 24.3 Å². The Bertz CT molecular complexity index is 326. The van der Waals surface area contributed by atoms with E-state index in [0.29, 0.717) is 17.1 Å². The van der Waals surface area contributed by atoms with Crippen LogP contribution in [-0.2, 0) is 4.79 Å². The van der Waals surface area contributed by atoms with Gasteiger partial charge in [-0.15, -0.1) is 0 Å². The van der Waals surface area contributed by atoms with E-state index in [0.717, 1.165) is 0 Å². The molecule has 14 heavy (non-hydrogen) atoms. The molecule has 0 saturated heterocycles. The van der Waals surface area contributed by atoms with Crippen LogP contribution in [0.1, 0.15) is 0 Å². The number of urea groups is 1. The highest BCUT2D eigenvalue weighted by atomic mass is 35.5. The molecule has 1 aromatic rings. The van der Waals surface area contributed by atoms with Gasteiger partial charge in [0.15, 0.2) is 0 Å². The number of carbonyl (C=O) groups excluding carboxylic acids is 2. The number of hydrazine groups is 1. The van der Waals surface area contributed by atoms with E-state index in [9.17, 15) is 9.59 Å². The van der Waals surface area contributed by atoms with Gasteiger partial charge in [0.25, 0.3) is 0 Å². The summed E-state index contributed by atoms with van der Waals surface area (Å²) in [5.74, 6) is 0. The molecule has 3 N–H and O–H groups in total. The van der Waals surface area contributed by atoms with E-state index in [-0.39, 0.29) is 0 Å². The predicted molar refractivity (Wildman–Crippen MR) is 52.8 cm³/mol. The van der Waals surface area contributed by atoms with Gasteiger partial charge in [0.2, 0.25) is 6.41 Å². The van der Waals surface area contributed by atoms with Gasteiger partial charge in [-0.1, -0.05) is 11.6 Å². The highest BCUT2D eigenvalue weighted by Crippen LogP contribution is 2.12. The van der Waals surface area contributed by atoms with Crippen LogP contribution < -0.4 is 16.2 Å². The first kappa shape index (κ1) is 10.3. The molecule has 0 radical (unpaired) electrons. The molecular formula is C8H8ClN3O2. The summed E-state index contributed by atoms with van der Waals surface area (Å²) in [6.45, 7) is 0. The van der Waals surface area contributed by atoms with Crippen LogP contribution in [0.5, 0.6) is 0 Å². The fraction of sp³-hybridized carbons (Fsp3) is 0. The van der Waals surface area contributed by atoms with Crippen molar-refractivity contribution in [2.75, 3.05) is 5.32 Å². The van der Waals surface area contributed by atoms with E-state index in [1.165, 1.54) is 0 Å². The van der Waals surface area contributed by atoms with Crippen molar-refractivity contribution in [3.05, 3.63) is 29.3 Å². The van der Waals surface area contributed by atoms with Crippen molar-refractivity contribution >= 4 is 29.7 Å². The lowest BCUT2D eigenvalue weighted by atomic mass is 10.3. The molecule has 0 aromatic heterocycles. The van der Waals surface area contributed by atoms with Crippen molar-refractivity contribution in [1.82, 2.24) is 10.9 Å². The highest BCUT2D eigenvalue weighted by Gasteiger charge is 1.98. The molecule has 0 aliphatic heterocycles.